The molecule has 35 heavy (non-hydrogen) atoms. The van der Waals surface area contributed by atoms with Crippen LogP contribution in [-0.2, 0) is 6.54 Å². The second-order valence-corrected chi connectivity index (χ2v) is 8.57. The number of pyridine rings is 1. The van der Waals surface area contributed by atoms with Crippen molar-refractivity contribution in [3.05, 3.63) is 82.5 Å². The van der Waals surface area contributed by atoms with Crippen LogP contribution in [0.4, 0.5) is 11.4 Å². The Morgan fingerprint density at radius 3 is 2.49 bits per heavy atom. The number of rotatable bonds is 5. The molecular formula is C26H24N4O5. The maximum absolute atomic E-state index is 12.6. The highest BCUT2D eigenvalue weighted by atomic mass is 16.7. The number of furan rings is 1. The van der Waals surface area contributed by atoms with Crippen LogP contribution >= 0.6 is 0 Å². The highest BCUT2D eigenvalue weighted by Gasteiger charge is 2.23. The van der Waals surface area contributed by atoms with Gasteiger partial charge >= 0.3 is 0 Å². The van der Waals surface area contributed by atoms with Gasteiger partial charge < -0.3 is 34.0 Å². The maximum atomic E-state index is 12.6. The largest absolute Gasteiger partial charge is 0.459 e. The molecule has 0 saturated carbocycles. The summed E-state index contributed by atoms with van der Waals surface area (Å²) in [6, 6.07) is 17.1. The van der Waals surface area contributed by atoms with Gasteiger partial charge in [-0.3, -0.25) is 9.59 Å². The van der Waals surface area contributed by atoms with Crippen LogP contribution in [-0.4, -0.2) is 48.8 Å². The Labute approximate surface area is 200 Å². The van der Waals surface area contributed by atoms with Gasteiger partial charge in [0, 0.05) is 61.1 Å². The predicted molar refractivity (Wildman–Crippen MR) is 131 cm³/mol. The van der Waals surface area contributed by atoms with Crippen LogP contribution in [0.3, 0.4) is 0 Å². The summed E-state index contributed by atoms with van der Waals surface area (Å²) < 4.78 is 16.1. The zero-order chi connectivity index (χ0) is 23.8. The zero-order valence-electron chi connectivity index (χ0n) is 19.0. The fourth-order valence-electron chi connectivity index (χ4n) is 4.48. The average molecular weight is 473 g/mol. The van der Waals surface area contributed by atoms with Gasteiger partial charge in [0.25, 0.3) is 11.5 Å². The number of aromatic nitrogens is 1. The molecule has 0 bridgehead atoms. The van der Waals surface area contributed by atoms with Crippen LogP contribution in [0.15, 0.2) is 70.1 Å². The zero-order valence-corrected chi connectivity index (χ0v) is 19.0. The number of H-pyrrole nitrogens is 1. The van der Waals surface area contributed by atoms with Crippen LogP contribution in [0.1, 0.15) is 16.1 Å². The summed E-state index contributed by atoms with van der Waals surface area (Å²) in [5.74, 6) is 1.64. The van der Waals surface area contributed by atoms with E-state index in [1.54, 1.807) is 18.2 Å². The number of amides is 1. The number of benzene rings is 2. The molecule has 0 aliphatic carbocycles. The number of hydrogen-bond donors (Lipinski definition) is 2. The lowest BCUT2D eigenvalue weighted by Gasteiger charge is -2.35. The van der Waals surface area contributed by atoms with Gasteiger partial charge in [0.1, 0.15) is 0 Å². The Kier molecular flexibility index (Phi) is 5.29. The summed E-state index contributed by atoms with van der Waals surface area (Å²) in [4.78, 5) is 32.0. The molecule has 0 spiro atoms. The van der Waals surface area contributed by atoms with Crippen LogP contribution in [0, 0.1) is 0 Å². The Morgan fingerprint density at radius 1 is 0.971 bits per heavy atom. The summed E-state index contributed by atoms with van der Waals surface area (Å²) in [5, 5.41) is 4.22. The fourth-order valence-corrected chi connectivity index (χ4v) is 4.48. The van der Waals surface area contributed by atoms with Gasteiger partial charge in [-0.1, -0.05) is 0 Å². The van der Waals surface area contributed by atoms with Gasteiger partial charge in [0.15, 0.2) is 17.3 Å². The number of piperazine rings is 1. The van der Waals surface area contributed by atoms with Crippen LogP contribution in [0.5, 0.6) is 11.5 Å². The standard InChI is InChI=1S/C26H24N4O5/c31-25-18(12-17-13-23-24(35-16-34-23)14-21(17)28-25)15-27-19-3-5-20(6-4-19)29-7-9-30(10-8-29)26(32)22-2-1-11-33-22/h1-6,11-14,27H,7-10,15-16H2,(H,28,31). The van der Waals surface area contributed by atoms with E-state index in [2.05, 4.69) is 27.3 Å². The smallest absolute Gasteiger partial charge is 0.289 e. The van der Waals surface area contributed by atoms with Crippen molar-refractivity contribution >= 4 is 28.2 Å². The molecule has 1 saturated heterocycles. The molecule has 1 fully saturated rings. The molecule has 9 heteroatoms. The van der Waals surface area contributed by atoms with E-state index in [0.29, 0.717) is 42.5 Å². The van der Waals surface area contributed by atoms with Crippen molar-refractivity contribution in [1.82, 2.24) is 9.88 Å². The van der Waals surface area contributed by atoms with Gasteiger partial charge in [0.2, 0.25) is 6.79 Å². The first-order chi connectivity index (χ1) is 17.1. The Balaban J connectivity index is 1.08. The monoisotopic (exact) mass is 472 g/mol. The Morgan fingerprint density at radius 2 is 1.74 bits per heavy atom. The molecule has 2 aliphatic heterocycles. The molecule has 2 aromatic carbocycles. The van der Waals surface area contributed by atoms with E-state index < -0.39 is 0 Å². The van der Waals surface area contributed by atoms with Crippen LogP contribution in [0.25, 0.3) is 10.9 Å². The molecular weight excluding hydrogens is 448 g/mol. The minimum atomic E-state index is -0.137. The number of hydrogen-bond acceptors (Lipinski definition) is 7. The molecule has 6 rings (SSSR count). The van der Waals surface area contributed by atoms with Gasteiger partial charge in [-0.2, -0.15) is 0 Å². The second-order valence-electron chi connectivity index (χ2n) is 8.57. The average Bonchev–Trinajstić information content (AvgIpc) is 3.58. The van der Waals surface area contributed by atoms with E-state index in [0.717, 1.165) is 35.4 Å². The number of nitrogens with zero attached hydrogens (tertiary/aromatic N) is 2. The number of aromatic amines is 1. The molecule has 9 nitrogen and oxygen atoms in total. The van der Waals surface area contributed by atoms with Crippen LogP contribution < -0.4 is 25.2 Å². The Bertz CT molecular complexity index is 1420. The number of carbonyl (C=O) groups excluding carboxylic acids is 1. The predicted octanol–water partition coefficient (Wildman–Crippen LogP) is 3.42. The number of ether oxygens (including phenoxy) is 2. The van der Waals surface area contributed by atoms with Crippen molar-refractivity contribution in [2.45, 2.75) is 6.54 Å². The van der Waals surface area contributed by atoms with Crippen molar-refractivity contribution < 1.29 is 18.7 Å². The lowest BCUT2D eigenvalue weighted by atomic mass is 10.1. The van der Waals surface area contributed by atoms with E-state index in [1.165, 1.54) is 6.26 Å². The Hall–Kier alpha value is -4.40. The SMILES string of the molecule is O=C(c1ccco1)N1CCN(c2ccc(NCc3cc4cc5c(cc4[nH]c3=O)OCO5)cc2)CC1. The summed E-state index contributed by atoms with van der Waals surface area (Å²) in [7, 11) is 0. The third-order valence-electron chi connectivity index (χ3n) is 6.43. The van der Waals surface area contributed by atoms with E-state index in [1.807, 2.05) is 29.2 Å². The normalized spacial score (nSPS) is 15.0. The summed E-state index contributed by atoms with van der Waals surface area (Å²) in [6.45, 7) is 3.38. The molecule has 2 aromatic heterocycles. The van der Waals surface area contributed by atoms with Gasteiger partial charge in [-0.05, 0) is 48.5 Å². The highest BCUT2D eigenvalue weighted by molar-refractivity contribution is 5.91. The topological polar surface area (TPSA) is 100 Å². The molecule has 0 radical (unpaired) electrons. The summed E-state index contributed by atoms with van der Waals surface area (Å²) in [6.07, 6.45) is 1.52. The first kappa shape index (κ1) is 21.2. The molecule has 178 valence electrons. The first-order valence-corrected chi connectivity index (χ1v) is 11.5. The minimum Gasteiger partial charge on any atom is -0.459 e. The quantitative estimate of drug-likeness (QED) is 0.459. The summed E-state index contributed by atoms with van der Waals surface area (Å²) >= 11 is 0. The second kappa shape index (κ2) is 8.75. The fraction of sp³-hybridized carbons (Fsp3) is 0.231. The lowest BCUT2D eigenvalue weighted by Crippen LogP contribution is -2.48. The number of carbonyl (C=O) groups is 1. The van der Waals surface area contributed by atoms with Crippen molar-refractivity contribution in [2.75, 3.05) is 43.2 Å². The third-order valence-corrected chi connectivity index (χ3v) is 6.43. The molecule has 0 atom stereocenters. The van der Waals surface area contributed by atoms with Crippen molar-refractivity contribution in [2.24, 2.45) is 0 Å². The number of fused-ring (bicyclic) bond motifs is 2. The van der Waals surface area contributed by atoms with Crippen molar-refractivity contribution in [3.8, 4) is 11.5 Å². The van der Waals surface area contributed by atoms with E-state index in [4.69, 9.17) is 13.9 Å². The molecule has 0 unspecified atom stereocenters. The molecule has 4 aromatic rings. The summed E-state index contributed by atoms with van der Waals surface area (Å²) in [5.41, 5.74) is 3.24. The molecule has 2 aliphatic rings. The van der Waals surface area contributed by atoms with Crippen molar-refractivity contribution in [1.29, 1.82) is 0 Å². The van der Waals surface area contributed by atoms with Gasteiger partial charge in [-0.15, -0.1) is 0 Å². The van der Waals surface area contributed by atoms with Gasteiger partial charge in [-0.25, -0.2) is 0 Å². The van der Waals surface area contributed by atoms with E-state index in [-0.39, 0.29) is 18.3 Å². The molecule has 2 N–H and O–H groups in total. The highest BCUT2D eigenvalue weighted by Crippen LogP contribution is 2.35. The lowest BCUT2D eigenvalue weighted by molar-refractivity contribution is 0.0714. The van der Waals surface area contributed by atoms with E-state index in [9.17, 15) is 9.59 Å². The van der Waals surface area contributed by atoms with E-state index >= 15 is 0 Å². The van der Waals surface area contributed by atoms with Crippen molar-refractivity contribution in [3.63, 3.8) is 0 Å². The number of anilines is 2. The minimum absolute atomic E-state index is 0.0666. The third kappa shape index (κ3) is 4.16. The molecule has 1 amide bonds. The van der Waals surface area contributed by atoms with Crippen LogP contribution in [0.2, 0.25) is 0 Å². The van der Waals surface area contributed by atoms with Gasteiger partial charge in [0.05, 0.1) is 11.8 Å². The number of nitrogens with one attached hydrogen (secondary N) is 2. The molecule has 4 heterocycles. The first-order valence-electron chi connectivity index (χ1n) is 11.5. The maximum Gasteiger partial charge on any atom is 0.289 e.